The highest BCUT2D eigenvalue weighted by Crippen LogP contribution is 2.34. The highest BCUT2D eigenvalue weighted by atomic mass is 16.2. The number of nitrogens with zero attached hydrogens (tertiary/aromatic N) is 2. The zero-order valence-corrected chi connectivity index (χ0v) is 17.5. The molecule has 29 heavy (non-hydrogen) atoms. The molecule has 0 radical (unpaired) electrons. The van der Waals surface area contributed by atoms with Gasteiger partial charge in [-0.2, -0.15) is 0 Å². The number of anilines is 3. The molecular formula is C24H30N4O. The highest BCUT2D eigenvalue weighted by Gasteiger charge is 2.25. The molecule has 2 aromatic carbocycles. The molecule has 1 fully saturated rings. The minimum absolute atomic E-state index is 0.0578. The highest BCUT2D eigenvalue weighted by molar-refractivity contribution is 6.32. The van der Waals surface area contributed by atoms with E-state index in [1.165, 1.54) is 12.1 Å². The van der Waals surface area contributed by atoms with E-state index in [1.807, 2.05) is 31.3 Å². The van der Waals surface area contributed by atoms with Crippen molar-refractivity contribution >= 4 is 28.5 Å². The summed E-state index contributed by atoms with van der Waals surface area (Å²) in [5, 5.41) is 6.23. The Bertz CT molecular complexity index is 911. The van der Waals surface area contributed by atoms with E-state index < -0.39 is 0 Å². The summed E-state index contributed by atoms with van der Waals surface area (Å²) in [4.78, 5) is 17.4. The number of carbonyl (C=O) groups is 1. The fraction of sp³-hybridized carbons (Fsp3) is 0.375. The molecule has 0 aromatic heterocycles. The van der Waals surface area contributed by atoms with E-state index in [9.17, 15) is 4.79 Å². The van der Waals surface area contributed by atoms with Gasteiger partial charge >= 0.3 is 0 Å². The van der Waals surface area contributed by atoms with Crippen LogP contribution in [0.1, 0.15) is 31.4 Å². The maximum Gasteiger partial charge on any atom is 0.257 e. The second-order valence-corrected chi connectivity index (χ2v) is 7.98. The summed E-state index contributed by atoms with van der Waals surface area (Å²) in [5.74, 6) is -0.0578. The molecule has 5 heteroatoms. The maximum absolute atomic E-state index is 12.3. The summed E-state index contributed by atoms with van der Waals surface area (Å²) in [7, 11) is 0. The molecule has 1 saturated heterocycles. The van der Waals surface area contributed by atoms with E-state index in [-0.39, 0.29) is 5.91 Å². The maximum atomic E-state index is 12.3. The fourth-order valence-electron chi connectivity index (χ4n) is 4.17. The van der Waals surface area contributed by atoms with Crippen molar-refractivity contribution in [3.63, 3.8) is 0 Å². The molecule has 0 saturated carbocycles. The third-order valence-corrected chi connectivity index (χ3v) is 6.18. The first-order chi connectivity index (χ1) is 14.1. The van der Waals surface area contributed by atoms with Crippen molar-refractivity contribution in [3.8, 4) is 0 Å². The van der Waals surface area contributed by atoms with Crippen molar-refractivity contribution in [2.24, 2.45) is 0 Å². The van der Waals surface area contributed by atoms with Crippen LogP contribution in [0.25, 0.3) is 5.57 Å². The predicted octanol–water partition coefficient (Wildman–Crippen LogP) is 4.32. The Balaban J connectivity index is 1.41. The molecule has 0 aliphatic carbocycles. The van der Waals surface area contributed by atoms with E-state index in [2.05, 4.69) is 58.5 Å². The number of aryl methyl sites for hydroxylation is 1. The van der Waals surface area contributed by atoms with Gasteiger partial charge in [0.2, 0.25) is 0 Å². The minimum Gasteiger partial charge on any atom is -0.369 e. The summed E-state index contributed by atoms with van der Waals surface area (Å²) in [6.07, 6.45) is 3.02. The van der Waals surface area contributed by atoms with Crippen molar-refractivity contribution in [1.82, 2.24) is 4.90 Å². The van der Waals surface area contributed by atoms with Gasteiger partial charge in [0.1, 0.15) is 0 Å². The van der Waals surface area contributed by atoms with Crippen LogP contribution in [0.2, 0.25) is 0 Å². The number of benzene rings is 2. The quantitative estimate of drug-likeness (QED) is 0.747. The largest absolute Gasteiger partial charge is 0.369 e. The third-order valence-electron chi connectivity index (χ3n) is 6.18. The molecule has 2 aliphatic rings. The number of rotatable bonds is 5. The zero-order valence-electron chi connectivity index (χ0n) is 17.5. The minimum atomic E-state index is -0.0578. The number of amides is 1. The number of carbonyl (C=O) groups excluding carboxylic acids is 1. The molecule has 2 aromatic rings. The monoisotopic (exact) mass is 390 g/mol. The Morgan fingerprint density at radius 3 is 2.52 bits per heavy atom. The van der Waals surface area contributed by atoms with Gasteiger partial charge in [-0.15, -0.1) is 0 Å². The van der Waals surface area contributed by atoms with Crippen molar-refractivity contribution in [3.05, 3.63) is 59.8 Å². The van der Waals surface area contributed by atoms with Crippen LogP contribution in [-0.2, 0) is 4.79 Å². The molecule has 0 bridgehead atoms. The first-order valence-electron chi connectivity index (χ1n) is 10.5. The van der Waals surface area contributed by atoms with Gasteiger partial charge in [-0.1, -0.05) is 19.1 Å². The van der Waals surface area contributed by atoms with Gasteiger partial charge in [-0.25, -0.2) is 0 Å². The molecular weight excluding hydrogens is 360 g/mol. The predicted molar refractivity (Wildman–Crippen MR) is 121 cm³/mol. The Morgan fingerprint density at radius 2 is 1.83 bits per heavy atom. The van der Waals surface area contributed by atoms with Crippen LogP contribution >= 0.6 is 0 Å². The van der Waals surface area contributed by atoms with E-state index in [0.29, 0.717) is 11.6 Å². The number of fused-ring (bicyclic) bond motifs is 1. The molecule has 1 unspecified atom stereocenters. The van der Waals surface area contributed by atoms with Crippen LogP contribution in [0.4, 0.5) is 17.1 Å². The number of nitrogens with one attached hydrogen (secondary N) is 2. The first kappa shape index (κ1) is 19.5. The van der Waals surface area contributed by atoms with Crippen LogP contribution in [0.3, 0.4) is 0 Å². The summed E-state index contributed by atoms with van der Waals surface area (Å²) >= 11 is 0. The van der Waals surface area contributed by atoms with Crippen molar-refractivity contribution < 1.29 is 4.79 Å². The molecule has 0 spiro atoms. The van der Waals surface area contributed by atoms with Crippen LogP contribution in [-0.4, -0.2) is 43.0 Å². The molecule has 2 aliphatic heterocycles. The van der Waals surface area contributed by atoms with Crippen molar-refractivity contribution in [2.45, 2.75) is 33.2 Å². The average Bonchev–Trinajstić information content (AvgIpc) is 3.08. The number of piperazine rings is 1. The number of hydrogen-bond acceptors (Lipinski definition) is 4. The molecule has 1 atom stereocenters. The average molecular weight is 391 g/mol. The molecule has 152 valence electrons. The van der Waals surface area contributed by atoms with Gasteiger partial charge in [-0.05, 0) is 56.2 Å². The zero-order chi connectivity index (χ0) is 20.4. The second kappa shape index (κ2) is 8.29. The summed E-state index contributed by atoms with van der Waals surface area (Å²) in [6, 6.07) is 15.1. The first-order valence-corrected chi connectivity index (χ1v) is 10.5. The lowest BCUT2D eigenvalue weighted by molar-refractivity contribution is -0.110. The van der Waals surface area contributed by atoms with E-state index in [4.69, 9.17) is 0 Å². The van der Waals surface area contributed by atoms with Crippen LogP contribution in [0.5, 0.6) is 0 Å². The lowest BCUT2D eigenvalue weighted by atomic mass is 10.0. The van der Waals surface area contributed by atoms with Crippen LogP contribution in [0.15, 0.2) is 48.7 Å². The van der Waals surface area contributed by atoms with Gasteiger partial charge in [-0.3, -0.25) is 9.69 Å². The Morgan fingerprint density at radius 1 is 1.10 bits per heavy atom. The normalized spacial score (nSPS) is 19.2. The Labute approximate surface area is 173 Å². The Hall–Kier alpha value is -2.79. The standard InChI is InChI=1S/C24H30N4O/c1-4-18(3)27-12-14-28(15-13-27)20-10-8-19(9-11-20)25-16-21-23-17(2)6-5-7-22(23)26-24(21)29/h5-11,16,18,25H,4,12-15H2,1-3H3,(H,26,29)/b21-16+. The van der Waals surface area contributed by atoms with E-state index in [1.54, 1.807) is 0 Å². The fourth-order valence-corrected chi connectivity index (χ4v) is 4.17. The van der Waals surface area contributed by atoms with E-state index in [0.717, 1.165) is 48.7 Å². The van der Waals surface area contributed by atoms with Gasteiger partial charge in [0.05, 0.1) is 5.57 Å². The van der Waals surface area contributed by atoms with E-state index >= 15 is 0 Å². The lowest BCUT2D eigenvalue weighted by Crippen LogP contribution is -2.49. The third kappa shape index (κ3) is 4.01. The van der Waals surface area contributed by atoms with Gasteiger partial charge in [0, 0.05) is 61.0 Å². The SMILES string of the molecule is CCC(C)N1CCN(c2ccc(N/C=C3/C(=O)Nc4cccc(C)c43)cc2)CC1. The molecule has 2 heterocycles. The van der Waals surface area contributed by atoms with Gasteiger partial charge in [0.15, 0.2) is 0 Å². The number of hydrogen-bond donors (Lipinski definition) is 2. The second-order valence-electron chi connectivity index (χ2n) is 7.98. The van der Waals surface area contributed by atoms with Crippen LogP contribution in [0, 0.1) is 6.92 Å². The lowest BCUT2D eigenvalue weighted by Gasteiger charge is -2.39. The topological polar surface area (TPSA) is 47.6 Å². The smallest absolute Gasteiger partial charge is 0.257 e. The summed E-state index contributed by atoms with van der Waals surface area (Å²) < 4.78 is 0. The summed E-state index contributed by atoms with van der Waals surface area (Å²) in [6.45, 7) is 11.0. The molecule has 2 N–H and O–H groups in total. The molecule has 4 rings (SSSR count). The van der Waals surface area contributed by atoms with Gasteiger partial charge in [0.25, 0.3) is 5.91 Å². The van der Waals surface area contributed by atoms with Crippen LogP contribution < -0.4 is 15.5 Å². The van der Waals surface area contributed by atoms with Crippen molar-refractivity contribution in [1.29, 1.82) is 0 Å². The van der Waals surface area contributed by atoms with Crippen molar-refractivity contribution in [2.75, 3.05) is 41.7 Å². The molecule has 1 amide bonds. The molecule has 5 nitrogen and oxygen atoms in total. The Kier molecular flexibility index (Phi) is 5.58. The summed E-state index contributed by atoms with van der Waals surface area (Å²) in [5.41, 5.74) is 5.89. The van der Waals surface area contributed by atoms with Gasteiger partial charge < -0.3 is 15.5 Å².